The summed E-state index contributed by atoms with van der Waals surface area (Å²) in [6.07, 6.45) is 0. The summed E-state index contributed by atoms with van der Waals surface area (Å²) < 4.78 is 0.987. The number of hydroxylamine groups is 2. The van der Waals surface area contributed by atoms with Crippen LogP contribution in [0, 0.1) is 10.1 Å². The molecule has 140 valence electrons. The molecule has 0 N–H and O–H groups in total. The number of hydrogen-bond donors (Lipinski definition) is 0. The van der Waals surface area contributed by atoms with Crippen molar-refractivity contribution in [3.63, 3.8) is 0 Å². The fraction of sp³-hybridized carbons (Fsp3) is 0.600. The SMILES string of the molecule is CC1(C)N=C(c2ccc(C3=NC(C)(C)C(C)(C)[N+]3=O)cc2)N([O-])C1(C)C. The summed E-state index contributed by atoms with van der Waals surface area (Å²) >= 11 is 0. The highest BCUT2D eigenvalue weighted by molar-refractivity contribution is 6.02. The first-order valence-corrected chi connectivity index (χ1v) is 8.98. The van der Waals surface area contributed by atoms with Gasteiger partial charge >= 0.3 is 5.84 Å². The summed E-state index contributed by atoms with van der Waals surface area (Å²) in [6, 6.07) is 7.35. The third kappa shape index (κ3) is 2.35. The van der Waals surface area contributed by atoms with E-state index in [-0.39, 0.29) is 0 Å². The highest BCUT2D eigenvalue weighted by atomic mass is 16.5. The maximum atomic E-state index is 12.7. The molecule has 2 heterocycles. The quantitative estimate of drug-likeness (QED) is 0.755. The van der Waals surface area contributed by atoms with Crippen molar-refractivity contribution in [1.82, 2.24) is 5.06 Å². The molecule has 0 saturated heterocycles. The molecule has 0 radical (unpaired) electrons. The average Bonchev–Trinajstić information content (AvgIpc) is 2.81. The summed E-state index contributed by atoms with van der Waals surface area (Å²) in [6.45, 7) is 15.5. The molecule has 1 aromatic rings. The number of amidine groups is 2. The van der Waals surface area contributed by atoms with Crippen molar-refractivity contribution in [1.29, 1.82) is 0 Å². The number of aliphatic imine (C=N–C) groups is 2. The number of hydrogen-bond acceptors (Lipinski definition) is 5. The van der Waals surface area contributed by atoms with Crippen LogP contribution in [0.2, 0.25) is 0 Å². The summed E-state index contributed by atoms with van der Waals surface area (Å²) in [5, 5.41) is 13.7. The minimum Gasteiger partial charge on any atom is -0.757 e. The molecule has 0 saturated carbocycles. The van der Waals surface area contributed by atoms with Gasteiger partial charge in [-0.15, -0.1) is 0 Å². The second kappa shape index (κ2) is 5.22. The number of nitrogens with zero attached hydrogens (tertiary/aromatic N) is 4. The lowest BCUT2D eigenvalue weighted by Crippen LogP contribution is -2.50. The third-order valence-electron chi connectivity index (χ3n) is 6.57. The molecule has 0 atom stereocenters. The van der Waals surface area contributed by atoms with E-state index >= 15 is 0 Å². The van der Waals surface area contributed by atoms with Gasteiger partial charge in [0.2, 0.25) is 0 Å². The van der Waals surface area contributed by atoms with Crippen LogP contribution >= 0.6 is 0 Å². The van der Waals surface area contributed by atoms with Crippen LogP contribution in [-0.4, -0.2) is 43.7 Å². The van der Waals surface area contributed by atoms with Crippen LogP contribution in [0.1, 0.15) is 66.5 Å². The minimum absolute atomic E-state index is 0.430. The Hall–Kier alpha value is -2.08. The van der Waals surface area contributed by atoms with Crippen LogP contribution in [0.25, 0.3) is 0 Å². The first kappa shape index (κ1) is 18.7. The van der Waals surface area contributed by atoms with E-state index in [1.807, 2.05) is 79.7 Å². The molecular weight excluding hydrogens is 328 g/mol. The number of nitroso groups, excluding NO2 is 1. The Morgan fingerprint density at radius 2 is 1.35 bits per heavy atom. The zero-order valence-electron chi connectivity index (χ0n) is 16.9. The summed E-state index contributed by atoms with van der Waals surface area (Å²) in [4.78, 5) is 22.0. The Morgan fingerprint density at radius 3 is 1.73 bits per heavy atom. The van der Waals surface area contributed by atoms with Crippen molar-refractivity contribution < 1.29 is 4.76 Å². The van der Waals surface area contributed by atoms with E-state index in [4.69, 9.17) is 0 Å². The monoisotopic (exact) mass is 356 g/mol. The van der Waals surface area contributed by atoms with Crippen LogP contribution in [-0.2, 0) is 0 Å². The average molecular weight is 356 g/mol. The molecule has 6 heteroatoms. The Bertz CT molecular complexity index is 830. The first-order chi connectivity index (χ1) is 11.7. The summed E-state index contributed by atoms with van der Waals surface area (Å²) in [5.41, 5.74) is -0.683. The lowest BCUT2D eigenvalue weighted by atomic mass is 9.84. The zero-order valence-corrected chi connectivity index (χ0v) is 16.9. The fourth-order valence-corrected chi connectivity index (χ4v) is 3.05. The molecule has 0 spiro atoms. The van der Waals surface area contributed by atoms with E-state index in [2.05, 4.69) is 9.98 Å². The lowest BCUT2D eigenvalue weighted by molar-refractivity contribution is -0.514. The second-order valence-corrected chi connectivity index (χ2v) is 9.27. The van der Waals surface area contributed by atoms with Gasteiger partial charge in [0.05, 0.1) is 11.1 Å². The Morgan fingerprint density at radius 1 is 0.846 bits per heavy atom. The van der Waals surface area contributed by atoms with E-state index < -0.39 is 22.2 Å². The minimum atomic E-state index is -0.615. The third-order valence-corrected chi connectivity index (χ3v) is 6.57. The topological polar surface area (TPSA) is 71.1 Å². The summed E-state index contributed by atoms with van der Waals surface area (Å²) in [5.74, 6) is 0.860. The maximum absolute atomic E-state index is 12.7. The van der Waals surface area contributed by atoms with Crippen molar-refractivity contribution in [2.24, 2.45) is 9.98 Å². The molecule has 0 aromatic heterocycles. The molecule has 0 unspecified atom stereocenters. The van der Waals surface area contributed by atoms with Crippen LogP contribution < -0.4 is 0 Å². The largest absolute Gasteiger partial charge is 0.757 e. The van der Waals surface area contributed by atoms with E-state index in [9.17, 15) is 10.1 Å². The normalized spacial score (nSPS) is 25.3. The van der Waals surface area contributed by atoms with Crippen LogP contribution in [0.15, 0.2) is 34.3 Å². The highest BCUT2D eigenvalue weighted by Gasteiger charge is 2.59. The van der Waals surface area contributed by atoms with Gasteiger partial charge in [-0.1, -0.05) is 22.0 Å². The molecule has 26 heavy (non-hydrogen) atoms. The van der Waals surface area contributed by atoms with E-state index in [0.717, 1.165) is 21.0 Å². The smallest absolute Gasteiger partial charge is 0.364 e. The highest BCUT2D eigenvalue weighted by Crippen LogP contribution is 2.39. The van der Waals surface area contributed by atoms with Crippen molar-refractivity contribution in [2.45, 2.75) is 77.5 Å². The van der Waals surface area contributed by atoms with Gasteiger partial charge in [-0.25, -0.2) is 0 Å². The van der Waals surface area contributed by atoms with Crippen LogP contribution in [0.5, 0.6) is 0 Å². The van der Waals surface area contributed by atoms with Gasteiger partial charge in [0.25, 0.3) is 0 Å². The van der Waals surface area contributed by atoms with Crippen molar-refractivity contribution in [3.05, 3.63) is 45.5 Å². The molecule has 2 aliphatic heterocycles. The fourth-order valence-electron chi connectivity index (χ4n) is 3.05. The van der Waals surface area contributed by atoms with Gasteiger partial charge in [-0.3, -0.25) is 4.99 Å². The first-order valence-electron chi connectivity index (χ1n) is 8.98. The zero-order chi connectivity index (χ0) is 19.7. The lowest BCUT2D eigenvalue weighted by Gasteiger charge is -2.45. The maximum Gasteiger partial charge on any atom is 0.364 e. The molecule has 0 amide bonds. The Balaban J connectivity index is 1.96. The molecule has 1 aromatic carbocycles. The standard InChI is InChI=1S/C20H28N4O2/c1-17(2)19(5,6)23(25)15(21-17)13-9-11-14(12-10-13)16-22-18(3,4)20(7,8)24(16)26/h9-12H,1-8H3. The molecule has 0 fully saturated rings. The van der Waals surface area contributed by atoms with Gasteiger partial charge in [0, 0.05) is 11.1 Å². The van der Waals surface area contributed by atoms with Crippen molar-refractivity contribution in [3.8, 4) is 0 Å². The molecule has 6 nitrogen and oxygen atoms in total. The second-order valence-electron chi connectivity index (χ2n) is 9.27. The molecule has 3 rings (SSSR count). The molecule has 2 aliphatic rings. The van der Waals surface area contributed by atoms with E-state index in [0.29, 0.717) is 11.7 Å². The Kier molecular flexibility index (Phi) is 3.76. The molecular formula is C20H28N4O2. The number of rotatable bonds is 2. The van der Waals surface area contributed by atoms with Gasteiger partial charge in [0.15, 0.2) is 11.1 Å². The van der Waals surface area contributed by atoms with E-state index in [1.54, 1.807) is 0 Å². The Labute approximate surface area is 155 Å². The van der Waals surface area contributed by atoms with Gasteiger partial charge in [-0.2, -0.15) is 0 Å². The van der Waals surface area contributed by atoms with E-state index in [1.165, 1.54) is 0 Å². The van der Waals surface area contributed by atoms with Gasteiger partial charge in [-0.05, 0) is 72.3 Å². The molecule has 0 aliphatic carbocycles. The summed E-state index contributed by atoms with van der Waals surface area (Å²) in [7, 11) is 0. The predicted octanol–water partition coefficient (Wildman–Crippen LogP) is 3.90. The number of benzene rings is 1. The van der Waals surface area contributed by atoms with Gasteiger partial charge < -0.3 is 10.3 Å². The molecule has 0 bridgehead atoms. The van der Waals surface area contributed by atoms with Gasteiger partial charge in [0.1, 0.15) is 5.84 Å². The van der Waals surface area contributed by atoms with Crippen LogP contribution in [0.3, 0.4) is 0 Å². The predicted molar refractivity (Wildman–Crippen MR) is 105 cm³/mol. The van der Waals surface area contributed by atoms with Crippen LogP contribution in [0.4, 0.5) is 0 Å². The van der Waals surface area contributed by atoms with Crippen molar-refractivity contribution >= 4 is 11.7 Å². The van der Waals surface area contributed by atoms with Crippen molar-refractivity contribution in [2.75, 3.05) is 0 Å².